The number of carboxylic acids is 1. The lowest BCUT2D eigenvalue weighted by Crippen LogP contribution is -2.05. The molecule has 5 nitrogen and oxygen atoms in total. The molecule has 0 aliphatic rings. The number of thiazole rings is 1. The van der Waals surface area contributed by atoms with E-state index in [1.807, 2.05) is 30.5 Å². The van der Waals surface area contributed by atoms with Crippen molar-refractivity contribution in [3.8, 4) is 0 Å². The first-order valence-corrected chi connectivity index (χ1v) is 7.29. The lowest BCUT2D eigenvalue weighted by Gasteiger charge is -2.09. The Balaban J connectivity index is 1.97. The van der Waals surface area contributed by atoms with Crippen molar-refractivity contribution in [2.45, 2.75) is 13.5 Å². The van der Waals surface area contributed by atoms with Gasteiger partial charge in [-0.25, -0.2) is 14.8 Å². The molecular weight excluding hydrogens is 286 g/mol. The largest absolute Gasteiger partial charge is 0.477 e. The zero-order chi connectivity index (χ0) is 14.8. The number of hydrogen-bond acceptors (Lipinski definition) is 5. The number of benzene rings is 1. The number of aromatic nitrogens is 2. The number of nitrogens with one attached hydrogen (secondary N) is 1. The molecule has 0 spiro atoms. The van der Waals surface area contributed by atoms with Crippen LogP contribution in [0.25, 0.3) is 10.9 Å². The molecule has 2 heterocycles. The van der Waals surface area contributed by atoms with Crippen LogP contribution in [0.2, 0.25) is 0 Å². The van der Waals surface area contributed by atoms with Crippen LogP contribution in [-0.2, 0) is 6.54 Å². The molecule has 2 N–H and O–H groups in total. The number of pyridine rings is 1. The highest BCUT2D eigenvalue weighted by Crippen LogP contribution is 2.24. The number of carboxylic acid groups (broad SMARTS) is 1. The van der Waals surface area contributed by atoms with Gasteiger partial charge in [0.2, 0.25) is 0 Å². The topological polar surface area (TPSA) is 75.1 Å². The summed E-state index contributed by atoms with van der Waals surface area (Å²) >= 11 is 1.59. The van der Waals surface area contributed by atoms with E-state index in [2.05, 4.69) is 15.3 Å². The molecule has 3 rings (SSSR count). The Hall–Kier alpha value is -2.47. The molecule has 6 heteroatoms. The minimum atomic E-state index is -1.03. The fourth-order valence-electron chi connectivity index (χ4n) is 2.11. The number of anilines is 1. The van der Waals surface area contributed by atoms with Gasteiger partial charge in [0, 0.05) is 16.5 Å². The molecule has 2 aromatic heterocycles. The second-order valence-electron chi connectivity index (χ2n) is 4.59. The molecule has 106 valence electrons. The molecule has 3 aromatic rings. The summed E-state index contributed by atoms with van der Waals surface area (Å²) in [7, 11) is 0. The number of rotatable bonds is 4. The number of carbonyl (C=O) groups is 1. The fourth-order valence-corrected chi connectivity index (χ4v) is 2.72. The Kier molecular flexibility index (Phi) is 3.53. The van der Waals surface area contributed by atoms with Gasteiger partial charge in [0.1, 0.15) is 0 Å². The molecule has 0 fully saturated rings. The lowest BCUT2D eigenvalue weighted by molar-refractivity contribution is 0.0691. The Labute approximate surface area is 125 Å². The minimum absolute atomic E-state index is 0.0330. The van der Waals surface area contributed by atoms with Crippen LogP contribution in [0.4, 0.5) is 5.69 Å². The smallest absolute Gasteiger partial charge is 0.354 e. The third-order valence-electron chi connectivity index (χ3n) is 3.06. The maximum absolute atomic E-state index is 11.2. The van der Waals surface area contributed by atoms with Crippen LogP contribution in [-0.4, -0.2) is 21.0 Å². The number of fused-ring (bicyclic) bond motifs is 1. The van der Waals surface area contributed by atoms with E-state index >= 15 is 0 Å². The van der Waals surface area contributed by atoms with Gasteiger partial charge < -0.3 is 10.4 Å². The minimum Gasteiger partial charge on any atom is -0.477 e. The second-order valence-corrected chi connectivity index (χ2v) is 5.65. The summed E-state index contributed by atoms with van der Waals surface area (Å²) in [6.45, 7) is 2.51. The normalized spacial score (nSPS) is 10.7. The zero-order valence-electron chi connectivity index (χ0n) is 11.3. The molecular formula is C15H13N3O2S. The summed E-state index contributed by atoms with van der Waals surface area (Å²) in [5.74, 6) is -1.03. The van der Waals surface area contributed by atoms with Crippen molar-refractivity contribution >= 4 is 33.9 Å². The highest BCUT2D eigenvalue weighted by atomic mass is 32.1. The predicted octanol–water partition coefficient (Wildman–Crippen LogP) is 3.31. The monoisotopic (exact) mass is 299 g/mol. The maximum Gasteiger partial charge on any atom is 0.354 e. The van der Waals surface area contributed by atoms with Gasteiger partial charge in [-0.05, 0) is 19.1 Å². The van der Waals surface area contributed by atoms with Gasteiger partial charge in [0.05, 0.1) is 22.8 Å². The lowest BCUT2D eigenvalue weighted by atomic mass is 10.1. The third-order valence-corrected chi connectivity index (χ3v) is 3.88. The van der Waals surface area contributed by atoms with Crippen LogP contribution < -0.4 is 5.32 Å². The molecule has 0 aliphatic heterocycles. The van der Waals surface area contributed by atoms with E-state index in [-0.39, 0.29) is 5.69 Å². The predicted molar refractivity (Wildman–Crippen MR) is 82.9 cm³/mol. The molecule has 1 aromatic carbocycles. The van der Waals surface area contributed by atoms with Crippen molar-refractivity contribution in [1.82, 2.24) is 9.97 Å². The molecule has 0 unspecified atom stereocenters. The van der Waals surface area contributed by atoms with Crippen LogP contribution in [0.1, 0.15) is 21.2 Å². The van der Waals surface area contributed by atoms with Crippen LogP contribution in [0.3, 0.4) is 0 Å². The van der Waals surface area contributed by atoms with E-state index in [1.54, 1.807) is 23.5 Å². The van der Waals surface area contributed by atoms with Gasteiger partial charge in [0.25, 0.3) is 0 Å². The molecule has 0 bridgehead atoms. The Morgan fingerprint density at radius 3 is 2.86 bits per heavy atom. The Bertz CT molecular complexity index is 814. The standard InChI is InChI=1S/C15H13N3O2S/c1-9-17-10(8-21-9)7-16-13-6-14(15(19)20)18-12-5-3-2-4-11(12)13/h2-6,8H,7H2,1H3,(H,16,18)(H,19,20). The maximum atomic E-state index is 11.2. The van der Waals surface area contributed by atoms with Gasteiger partial charge in [-0.1, -0.05) is 18.2 Å². The summed E-state index contributed by atoms with van der Waals surface area (Å²) < 4.78 is 0. The van der Waals surface area contributed by atoms with Gasteiger partial charge in [-0.15, -0.1) is 11.3 Å². The zero-order valence-corrected chi connectivity index (χ0v) is 12.1. The quantitative estimate of drug-likeness (QED) is 0.773. The molecule has 21 heavy (non-hydrogen) atoms. The average Bonchev–Trinajstić information content (AvgIpc) is 2.90. The van der Waals surface area contributed by atoms with Crippen molar-refractivity contribution in [3.05, 3.63) is 52.1 Å². The van der Waals surface area contributed by atoms with E-state index in [4.69, 9.17) is 5.11 Å². The second kappa shape index (κ2) is 5.49. The average molecular weight is 299 g/mol. The van der Waals surface area contributed by atoms with E-state index in [0.29, 0.717) is 12.1 Å². The molecule has 0 atom stereocenters. The van der Waals surface area contributed by atoms with Crippen molar-refractivity contribution in [1.29, 1.82) is 0 Å². The summed E-state index contributed by atoms with van der Waals surface area (Å²) in [6.07, 6.45) is 0. The molecule has 0 aliphatic carbocycles. The van der Waals surface area contributed by atoms with Crippen LogP contribution in [0, 0.1) is 6.92 Å². The third kappa shape index (κ3) is 2.85. The first kappa shape index (κ1) is 13.5. The van der Waals surface area contributed by atoms with E-state index < -0.39 is 5.97 Å². The van der Waals surface area contributed by atoms with Gasteiger partial charge in [-0.2, -0.15) is 0 Å². The van der Waals surface area contributed by atoms with Crippen molar-refractivity contribution < 1.29 is 9.90 Å². The summed E-state index contributed by atoms with van der Waals surface area (Å²) in [5.41, 5.74) is 2.39. The van der Waals surface area contributed by atoms with E-state index in [9.17, 15) is 4.79 Å². The molecule has 0 amide bonds. The number of aromatic carboxylic acids is 1. The first-order valence-electron chi connectivity index (χ1n) is 6.41. The van der Waals surface area contributed by atoms with Gasteiger partial charge in [-0.3, -0.25) is 0 Å². The summed E-state index contributed by atoms with van der Waals surface area (Å²) in [5, 5.41) is 16.3. The first-order chi connectivity index (χ1) is 10.1. The Morgan fingerprint density at radius 2 is 2.14 bits per heavy atom. The number of nitrogens with zero attached hydrogens (tertiary/aromatic N) is 2. The number of hydrogen-bond donors (Lipinski definition) is 2. The van der Waals surface area contributed by atoms with Crippen LogP contribution in [0.15, 0.2) is 35.7 Å². The number of aryl methyl sites for hydroxylation is 1. The molecule has 0 saturated heterocycles. The highest BCUT2D eigenvalue weighted by Gasteiger charge is 2.10. The summed E-state index contributed by atoms with van der Waals surface area (Å²) in [4.78, 5) is 19.7. The van der Waals surface area contributed by atoms with Crippen LogP contribution in [0.5, 0.6) is 0 Å². The summed E-state index contributed by atoms with van der Waals surface area (Å²) in [6, 6.07) is 9.03. The SMILES string of the molecule is Cc1nc(CNc2cc(C(=O)O)nc3ccccc23)cs1. The van der Waals surface area contributed by atoms with E-state index in [0.717, 1.165) is 21.8 Å². The fraction of sp³-hybridized carbons (Fsp3) is 0.133. The molecule has 0 radical (unpaired) electrons. The van der Waals surface area contributed by atoms with E-state index in [1.165, 1.54) is 0 Å². The van der Waals surface area contributed by atoms with Crippen molar-refractivity contribution in [3.63, 3.8) is 0 Å². The van der Waals surface area contributed by atoms with Crippen LogP contribution >= 0.6 is 11.3 Å². The van der Waals surface area contributed by atoms with Gasteiger partial charge >= 0.3 is 5.97 Å². The highest BCUT2D eigenvalue weighted by molar-refractivity contribution is 7.09. The Morgan fingerprint density at radius 1 is 1.33 bits per heavy atom. The number of para-hydroxylation sites is 1. The van der Waals surface area contributed by atoms with Crippen molar-refractivity contribution in [2.24, 2.45) is 0 Å². The molecule has 0 saturated carbocycles. The van der Waals surface area contributed by atoms with Crippen molar-refractivity contribution in [2.75, 3.05) is 5.32 Å². The van der Waals surface area contributed by atoms with Gasteiger partial charge in [0.15, 0.2) is 5.69 Å².